The maximum Gasteiger partial charge on any atom is 0.228 e. The molecule has 156 valence electrons. The van der Waals surface area contributed by atoms with Gasteiger partial charge in [0.1, 0.15) is 0 Å². The van der Waals surface area contributed by atoms with Crippen LogP contribution < -0.4 is 0 Å². The molecule has 1 amide bonds. The summed E-state index contributed by atoms with van der Waals surface area (Å²) in [6, 6.07) is 10.4. The molecule has 0 bridgehead atoms. The van der Waals surface area contributed by atoms with Crippen LogP contribution in [0.5, 0.6) is 0 Å². The van der Waals surface area contributed by atoms with Gasteiger partial charge in [0.25, 0.3) is 0 Å². The van der Waals surface area contributed by atoms with Gasteiger partial charge in [0.15, 0.2) is 0 Å². The van der Waals surface area contributed by atoms with Crippen molar-refractivity contribution in [3.05, 3.63) is 66.0 Å². The van der Waals surface area contributed by atoms with E-state index in [-0.39, 0.29) is 11.3 Å². The SMILES string of the molecule is C=CN=C(C)C(/C(=C\C)c1ccccc1)=C(\C)N1CCN(C(=O)C(C)(C)C)CC1. The molecule has 29 heavy (non-hydrogen) atoms. The molecule has 0 unspecified atom stereocenters. The summed E-state index contributed by atoms with van der Waals surface area (Å²) in [6.45, 7) is 19.1. The first-order valence-corrected chi connectivity index (χ1v) is 10.3. The van der Waals surface area contributed by atoms with Gasteiger partial charge in [-0.05, 0) is 31.9 Å². The highest BCUT2D eigenvalue weighted by Crippen LogP contribution is 2.29. The largest absolute Gasteiger partial charge is 0.371 e. The van der Waals surface area contributed by atoms with E-state index in [0.29, 0.717) is 0 Å². The molecule has 4 heteroatoms. The number of amides is 1. The molecule has 0 saturated carbocycles. The number of rotatable bonds is 5. The zero-order chi connectivity index (χ0) is 21.6. The Kier molecular flexibility index (Phi) is 7.60. The minimum absolute atomic E-state index is 0.224. The van der Waals surface area contributed by atoms with E-state index in [1.54, 1.807) is 6.20 Å². The summed E-state index contributed by atoms with van der Waals surface area (Å²) in [4.78, 5) is 21.5. The van der Waals surface area contributed by atoms with Gasteiger partial charge < -0.3 is 9.80 Å². The van der Waals surface area contributed by atoms with E-state index in [2.05, 4.69) is 60.7 Å². The molecule has 1 aromatic carbocycles. The second-order valence-corrected chi connectivity index (χ2v) is 8.46. The van der Waals surface area contributed by atoms with Gasteiger partial charge in [-0.2, -0.15) is 0 Å². The Morgan fingerprint density at radius 3 is 2.07 bits per heavy atom. The zero-order valence-electron chi connectivity index (χ0n) is 18.8. The highest BCUT2D eigenvalue weighted by molar-refractivity contribution is 6.12. The summed E-state index contributed by atoms with van der Waals surface area (Å²) in [7, 11) is 0. The maximum absolute atomic E-state index is 12.6. The van der Waals surface area contributed by atoms with E-state index in [4.69, 9.17) is 0 Å². The average Bonchev–Trinajstić information content (AvgIpc) is 2.71. The third-order valence-corrected chi connectivity index (χ3v) is 5.33. The quantitative estimate of drug-likeness (QED) is 0.512. The van der Waals surface area contributed by atoms with Crippen molar-refractivity contribution in [2.45, 2.75) is 41.5 Å². The highest BCUT2D eigenvalue weighted by Gasteiger charge is 2.30. The van der Waals surface area contributed by atoms with Gasteiger partial charge in [0.2, 0.25) is 5.91 Å². The second kappa shape index (κ2) is 9.73. The summed E-state index contributed by atoms with van der Waals surface area (Å²) in [5.74, 6) is 0.224. The minimum Gasteiger partial charge on any atom is -0.371 e. The molecular weight excluding hydrogens is 358 g/mol. The van der Waals surface area contributed by atoms with Crippen molar-refractivity contribution in [2.75, 3.05) is 26.2 Å². The number of hydrogen-bond acceptors (Lipinski definition) is 3. The van der Waals surface area contributed by atoms with Gasteiger partial charge in [-0.15, -0.1) is 0 Å². The first-order valence-electron chi connectivity index (χ1n) is 10.3. The second-order valence-electron chi connectivity index (χ2n) is 8.46. The Hall–Kier alpha value is -2.62. The van der Waals surface area contributed by atoms with E-state index in [0.717, 1.165) is 37.5 Å². The molecule has 4 nitrogen and oxygen atoms in total. The van der Waals surface area contributed by atoms with Crippen molar-refractivity contribution in [1.82, 2.24) is 9.80 Å². The lowest BCUT2D eigenvalue weighted by atomic mass is 9.92. The highest BCUT2D eigenvalue weighted by atomic mass is 16.2. The van der Waals surface area contributed by atoms with E-state index < -0.39 is 0 Å². The Labute approximate surface area is 176 Å². The number of allylic oxidation sites excluding steroid dienone is 4. The molecule has 0 atom stereocenters. The number of carbonyl (C=O) groups is 1. The molecule has 0 radical (unpaired) electrons. The van der Waals surface area contributed by atoms with Gasteiger partial charge >= 0.3 is 0 Å². The first kappa shape index (κ1) is 22.7. The molecule has 1 fully saturated rings. The van der Waals surface area contributed by atoms with Crippen LogP contribution in [-0.2, 0) is 4.79 Å². The number of carbonyl (C=O) groups excluding carboxylic acids is 1. The molecule has 0 N–H and O–H groups in total. The van der Waals surface area contributed by atoms with Crippen molar-refractivity contribution < 1.29 is 4.79 Å². The average molecular weight is 394 g/mol. The fourth-order valence-corrected chi connectivity index (χ4v) is 3.80. The number of hydrogen-bond donors (Lipinski definition) is 0. The van der Waals surface area contributed by atoms with Crippen molar-refractivity contribution in [2.24, 2.45) is 10.4 Å². The molecule has 1 aromatic rings. The van der Waals surface area contributed by atoms with E-state index in [1.807, 2.05) is 38.7 Å². The summed E-state index contributed by atoms with van der Waals surface area (Å²) in [5, 5.41) is 0. The predicted molar refractivity (Wildman–Crippen MR) is 124 cm³/mol. The number of piperazine rings is 1. The lowest BCUT2D eigenvalue weighted by molar-refractivity contribution is -0.141. The molecule has 1 aliphatic heterocycles. The standard InChI is InChI=1S/C25H35N3O/c1-8-22(21-13-11-10-12-14-21)23(19(3)26-9-2)20(4)27-15-17-28(18-16-27)24(29)25(5,6)7/h8-14H,2,15-18H2,1,3-7H3/b22-8-,23-20-,26-19?. The molecule has 0 spiro atoms. The normalized spacial score (nSPS) is 17.2. The van der Waals surface area contributed by atoms with Crippen LogP contribution in [0, 0.1) is 5.41 Å². The van der Waals surface area contributed by atoms with Gasteiger partial charge in [0, 0.05) is 54.8 Å². The third kappa shape index (κ3) is 5.47. The lowest BCUT2D eigenvalue weighted by Crippen LogP contribution is -2.51. The maximum atomic E-state index is 12.6. The summed E-state index contributed by atoms with van der Waals surface area (Å²) in [5.41, 5.74) is 5.27. The lowest BCUT2D eigenvalue weighted by Gasteiger charge is -2.39. The van der Waals surface area contributed by atoms with Crippen molar-refractivity contribution in [1.29, 1.82) is 0 Å². The summed E-state index contributed by atoms with van der Waals surface area (Å²) < 4.78 is 0. The van der Waals surface area contributed by atoms with Crippen LogP contribution in [0.2, 0.25) is 0 Å². The van der Waals surface area contributed by atoms with Gasteiger partial charge in [-0.1, -0.05) is 63.8 Å². The van der Waals surface area contributed by atoms with Crippen molar-refractivity contribution >= 4 is 17.2 Å². The Morgan fingerprint density at radius 2 is 1.59 bits per heavy atom. The minimum atomic E-state index is -0.336. The van der Waals surface area contributed by atoms with Crippen LogP contribution in [0.25, 0.3) is 5.57 Å². The van der Waals surface area contributed by atoms with Crippen molar-refractivity contribution in [3.63, 3.8) is 0 Å². The van der Waals surface area contributed by atoms with Crippen LogP contribution in [0.15, 0.2) is 65.4 Å². The summed E-state index contributed by atoms with van der Waals surface area (Å²) >= 11 is 0. The van der Waals surface area contributed by atoms with E-state index >= 15 is 0 Å². The first-order chi connectivity index (χ1) is 13.7. The molecule has 0 aromatic heterocycles. The summed E-state index contributed by atoms with van der Waals surface area (Å²) in [6.07, 6.45) is 3.75. The van der Waals surface area contributed by atoms with Gasteiger partial charge in [0.05, 0.1) is 0 Å². The van der Waals surface area contributed by atoms with Gasteiger partial charge in [-0.25, -0.2) is 0 Å². The fraction of sp³-hybridized carbons (Fsp3) is 0.440. The fourth-order valence-electron chi connectivity index (χ4n) is 3.80. The smallest absolute Gasteiger partial charge is 0.228 e. The monoisotopic (exact) mass is 393 g/mol. The number of aliphatic imine (C=N–C) groups is 1. The molecule has 2 rings (SSSR count). The van der Waals surface area contributed by atoms with Crippen LogP contribution in [0.3, 0.4) is 0 Å². The third-order valence-electron chi connectivity index (χ3n) is 5.33. The molecule has 1 aliphatic rings. The van der Waals surface area contributed by atoms with Crippen LogP contribution in [0.1, 0.15) is 47.1 Å². The van der Waals surface area contributed by atoms with E-state index in [1.165, 1.54) is 16.8 Å². The topological polar surface area (TPSA) is 35.9 Å². The Bertz CT molecular complexity index is 817. The van der Waals surface area contributed by atoms with Crippen LogP contribution >= 0.6 is 0 Å². The molecular formula is C25H35N3O. The molecule has 1 saturated heterocycles. The predicted octanol–water partition coefficient (Wildman–Crippen LogP) is 5.16. The molecule has 0 aliphatic carbocycles. The number of nitrogens with zero attached hydrogens (tertiary/aromatic N) is 3. The Morgan fingerprint density at radius 1 is 1.03 bits per heavy atom. The Balaban J connectivity index is 2.37. The van der Waals surface area contributed by atoms with E-state index in [9.17, 15) is 4.79 Å². The van der Waals surface area contributed by atoms with Crippen LogP contribution in [-0.4, -0.2) is 47.6 Å². The van der Waals surface area contributed by atoms with Crippen molar-refractivity contribution in [3.8, 4) is 0 Å². The number of benzene rings is 1. The zero-order valence-corrected chi connectivity index (χ0v) is 18.8. The van der Waals surface area contributed by atoms with Gasteiger partial charge in [-0.3, -0.25) is 9.79 Å². The molecule has 1 heterocycles. The van der Waals surface area contributed by atoms with Crippen LogP contribution in [0.4, 0.5) is 0 Å².